The minimum atomic E-state index is -3.94. The standard InChI is InChI=1S/C48H72N2O12S.C41H66N2O10.C7H7ClO2S.2CH4/c1-11-29-13-12-14-38(62-40-20-19-37(49(6)7)27(4)58-40)26(3)44(52)36-23-33-32-21-30(61-48-47(57-10)46(56-9)45(55-8)28(5)59-48)22-35(32)42-43(41(33)34(36)24-39(51)60-29)50(42)63(53,54)31-17-15-25(2)16-18-31;1-10-23-12-11-13-31(53-33-15-14-30(43(5)6)21(3)49-33)20(2)37(45)29-18-26-25-16-24(52-41-40(48-9)39(47-8)38(46-7)22(4)50-41)17-28(25)35-36(42-35)34(26)27(29)19-32(44)51-23;1-6-2-4-7(5-3-6)11(8,9)10;;/h15-18,23,26-30,32-35,37-38,40-43,45-48H,11-14,19-22,24H2,1-10H3;18,20-28,30-31,33-36,38-42H,10-17,19H2,1-9H3;2-5H,1H3;2*1H4/t26-,27?,28?,29+,30+,32+,33+,34-,35-,37+,38+,40+,41-,42+,43-,45+,46-,47?,48+,50?;20-,21?,22?,23+,24+,25+,26+,27-,28-,30+,31+,33+,34-,35+,36-,38+,39-,40?,41+;;;/m11.../s1. The number of halogens is 1. The van der Waals surface area contributed by atoms with E-state index >= 15 is 4.79 Å². The lowest BCUT2D eigenvalue weighted by Gasteiger charge is -2.44. The smallest absolute Gasteiger partial charge is 0.306 e. The van der Waals surface area contributed by atoms with Gasteiger partial charge in [-0.05, 0) is 255 Å². The van der Waals surface area contributed by atoms with Crippen LogP contribution in [0, 0.1) is 84.9 Å². The van der Waals surface area contributed by atoms with Gasteiger partial charge in [-0.2, -0.15) is 4.31 Å². The first-order chi connectivity index (χ1) is 60.6. The van der Waals surface area contributed by atoms with Gasteiger partial charge in [0.2, 0.25) is 10.0 Å². The van der Waals surface area contributed by atoms with Crippen LogP contribution in [0.3, 0.4) is 0 Å². The molecule has 6 aliphatic carbocycles. The second-order valence-electron chi connectivity index (χ2n) is 39.3. The minimum absolute atomic E-state index is 0. The number of carbonyl (C=O) groups is 4. The number of benzene rings is 2. The first kappa shape index (κ1) is 104. The highest BCUT2D eigenvalue weighted by molar-refractivity contribution is 8.13. The molecule has 728 valence electrons. The summed E-state index contributed by atoms with van der Waals surface area (Å²) in [5, 5.41) is 3.82. The van der Waals surface area contributed by atoms with E-state index < -0.39 is 80.2 Å². The monoisotopic (exact) mass is 1870 g/mol. The van der Waals surface area contributed by atoms with Crippen LogP contribution in [-0.4, -0.2) is 284 Å². The zero-order valence-electron chi connectivity index (χ0n) is 78.3. The number of fused-ring (bicyclic) bond motifs is 16. The normalized spacial score (nSPS) is 42.7. The summed E-state index contributed by atoms with van der Waals surface area (Å²) in [4.78, 5) is 62.4. The van der Waals surface area contributed by atoms with E-state index in [0.717, 1.165) is 80.9 Å². The number of allylic oxidation sites excluding steroid dienone is 4. The zero-order chi connectivity index (χ0) is 91.3. The number of aryl methyl sites for hydroxylation is 2. The molecule has 14 aliphatic rings. The van der Waals surface area contributed by atoms with E-state index in [1.807, 2.05) is 60.6 Å². The van der Waals surface area contributed by atoms with Crippen LogP contribution in [0.5, 0.6) is 0 Å². The summed E-state index contributed by atoms with van der Waals surface area (Å²) in [5.41, 5.74) is 3.37. The maximum Gasteiger partial charge on any atom is 0.306 e. The van der Waals surface area contributed by atoms with Gasteiger partial charge < -0.3 is 90.9 Å². The van der Waals surface area contributed by atoms with Crippen molar-refractivity contribution in [2.45, 2.75) is 369 Å². The van der Waals surface area contributed by atoms with E-state index in [1.54, 1.807) is 71.2 Å². The largest absolute Gasteiger partial charge is 0.462 e. The Kier molecular flexibility index (Phi) is 35.3. The van der Waals surface area contributed by atoms with Gasteiger partial charge in [0, 0.05) is 113 Å². The first-order valence-electron chi connectivity index (χ1n) is 47.1. The number of methoxy groups -OCH3 is 6. The van der Waals surface area contributed by atoms with Gasteiger partial charge in [0.25, 0.3) is 9.05 Å². The molecule has 0 spiro atoms. The predicted octanol–water partition coefficient (Wildman–Crippen LogP) is 13.1. The number of nitrogens with zero attached hydrogens (tertiary/aromatic N) is 3. The van der Waals surface area contributed by atoms with Crippen LogP contribution in [-0.2, 0) is 114 Å². The van der Waals surface area contributed by atoms with Gasteiger partial charge in [0.05, 0.1) is 71.5 Å². The van der Waals surface area contributed by atoms with Crippen molar-refractivity contribution < 1.29 is 112 Å². The lowest BCUT2D eigenvalue weighted by molar-refractivity contribution is -0.314. The van der Waals surface area contributed by atoms with Crippen molar-refractivity contribution in [2.75, 3.05) is 70.8 Å². The van der Waals surface area contributed by atoms with Crippen molar-refractivity contribution in [1.82, 2.24) is 19.4 Å². The molecule has 39 atom stereocenters. The van der Waals surface area contributed by atoms with Crippen molar-refractivity contribution in [2.24, 2.45) is 71.0 Å². The van der Waals surface area contributed by atoms with Crippen LogP contribution < -0.4 is 5.32 Å². The summed E-state index contributed by atoms with van der Waals surface area (Å²) in [7, 11) is 15.8. The first-order valence-corrected chi connectivity index (χ1v) is 50.8. The number of esters is 2. The van der Waals surface area contributed by atoms with E-state index in [1.165, 1.54) is 12.1 Å². The fraction of sp³-hybridized carbons (Fsp3) is 0.796. The third-order valence-corrected chi connectivity index (χ3v) is 34.7. The SMILES string of the molecule is C.C.CC[C@H]1CCC[C@H](O[C@H]2CC[C@H](N(C)C)C(C)O2)[C@@H](C)C(=O)C2=C[C@H]3[C@@H]4C[C@H](O[C@@H]5OC(C)[C@H](OC)[C@@H](OC)C5OC)C[C@H]4[C@@H]4N[C@@H]4[C@H]3[C@@H]2CC(=O)O1.CC[C@H]1CCC[C@H](O[C@H]2CC[C@H](N(C)C)C(C)O2)[C@@H](C)C(=O)C2=C[C@H]3[C@@H]4C[C@H](O[C@@H]5OC(C)[C@H](OC)[C@@H](OC)C5OC)C[C@H]4[C@H]4[C@@H]([C@H]3[C@@H]2CC(=O)O1)N4S(=O)(=O)c1ccc(C)cc1.Cc1ccc(S(=O)(=O)Cl)cc1. The van der Waals surface area contributed by atoms with Crippen LogP contribution in [0.15, 0.2) is 81.6 Å². The average molecular weight is 1870 g/mol. The number of cyclic esters (lactones) is 2. The number of nitrogens with one attached hydrogen (secondary N) is 1. The molecule has 4 saturated carbocycles. The van der Waals surface area contributed by atoms with E-state index in [-0.39, 0.29) is 206 Å². The number of hydrogen-bond donors (Lipinski definition) is 1. The van der Waals surface area contributed by atoms with Gasteiger partial charge in [-0.15, -0.1) is 0 Å². The molecule has 8 heterocycles. The van der Waals surface area contributed by atoms with Crippen LogP contribution >= 0.6 is 10.7 Å². The zero-order valence-corrected chi connectivity index (χ0v) is 80.7. The summed E-state index contributed by atoms with van der Waals surface area (Å²) in [6, 6.07) is 13.9. The molecule has 12 fully saturated rings. The summed E-state index contributed by atoms with van der Waals surface area (Å²) in [6.07, 6.45) is 10.3. The highest BCUT2D eigenvalue weighted by atomic mass is 35.7. The molecular formula is C98H153ClN4O24S2. The van der Waals surface area contributed by atoms with Crippen molar-refractivity contribution in [1.29, 1.82) is 0 Å². The van der Waals surface area contributed by atoms with Gasteiger partial charge in [-0.3, -0.25) is 19.2 Å². The number of carbonyl (C=O) groups excluding carboxylic acids is 4. The Morgan fingerprint density at radius 1 is 0.457 bits per heavy atom. The second-order valence-corrected chi connectivity index (χ2v) is 43.7. The Balaban J connectivity index is 0.000000208. The Morgan fingerprint density at radius 2 is 0.853 bits per heavy atom. The van der Waals surface area contributed by atoms with Crippen molar-refractivity contribution in [3.05, 3.63) is 83.0 Å². The lowest BCUT2D eigenvalue weighted by atomic mass is 9.66. The predicted molar refractivity (Wildman–Crippen MR) is 486 cm³/mol. The molecule has 28 nitrogen and oxygen atoms in total. The van der Waals surface area contributed by atoms with Crippen LogP contribution in [0.4, 0.5) is 0 Å². The summed E-state index contributed by atoms with van der Waals surface area (Å²) in [5.74, 6) is -1.55. The summed E-state index contributed by atoms with van der Waals surface area (Å²) >= 11 is 0. The number of ketones is 2. The van der Waals surface area contributed by atoms with Crippen LogP contribution in [0.25, 0.3) is 0 Å². The van der Waals surface area contributed by atoms with Crippen LogP contribution in [0.2, 0.25) is 0 Å². The van der Waals surface area contributed by atoms with E-state index in [2.05, 4.69) is 76.2 Å². The van der Waals surface area contributed by atoms with Gasteiger partial charge in [-0.25, -0.2) is 16.8 Å². The maximum absolute atomic E-state index is 15.2. The number of ether oxygens (including phenoxy) is 16. The lowest BCUT2D eigenvalue weighted by Crippen LogP contribution is -2.59. The Labute approximate surface area is 773 Å². The molecule has 0 radical (unpaired) electrons. The molecular weight excluding hydrogens is 1720 g/mol. The van der Waals surface area contributed by atoms with Gasteiger partial charge in [0.15, 0.2) is 36.7 Å². The fourth-order valence-electron chi connectivity index (χ4n) is 24.9. The van der Waals surface area contributed by atoms with E-state index in [4.69, 9.17) is 86.5 Å². The fourth-order valence-corrected chi connectivity index (χ4v) is 27.5. The molecule has 0 amide bonds. The Bertz CT molecular complexity index is 4380. The van der Waals surface area contributed by atoms with Gasteiger partial charge in [-0.1, -0.05) is 90.1 Å². The van der Waals surface area contributed by atoms with E-state index in [9.17, 15) is 31.2 Å². The Hall–Kier alpha value is -4.33. The second kappa shape index (κ2) is 44.0. The highest BCUT2D eigenvalue weighted by Gasteiger charge is 2.73. The molecule has 16 rings (SSSR count). The minimum Gasteiger partial charge on any atom is -0.462 e. The number of likely N-dealkylation sites (N-methyl/N-ethyl adjacent to an activating group) is 2. The molecule has 1 N–H and O–H groups in total. The van der Waals surface area contributed by atoms with E-state index in [0.29, 0.717) is 68.0 Å². The molecule has 2 aromatic carbocycles. The molecule has 0 bridgehead atoms. The van der Waals surface area contributed by atoms with Crippen LogP contribution in [0.1, 0.15) is 197 Å². The summed E-state index contributed by atoms with van der Waals surface area (Å²) < 4.78 is 153. The number of rotatable bonds is 21. The topological polar surface area (TPSA) is 316 Å². The maximum atomic E-state index is 15.2. The number of hydrogen-bond acceptors (Lipinski definition) is 27. The molecule has 2 aromatic rings. The third-order valence-electron chi connectivity index (χ3n) is 31.5. The third kappa shape index (κ3) is 22.1. The molecule has 8 aliphatic heterocycles. The quantitative estimate of drug-likeness (QED) is 0.0689. The van der Waals surface area contributed by atoms with Gasteiger partial charge >= 0.3 is 11.9 Å². The molecule has 31 heteroatoms. The number of sulfonamides is 1. The molecule has 0 aromatic heterocycles. The van der Waals surface area contributed by atoms with Gasteiger partial charge in [0.1, 0.15) is 48.8 Å². The van der Waals surface area contributed by atoms with Crippen molar-refractivity contribution in [3.8, 4) is 0 Å². The van der Waals surface area contributed by atoms with Crippen molar-refractivity contribution in [3.63, 3.8) is 0 Å². The number of Topliss-reactive ketones (excluding diaryl/α,β-unsaturated/α-hetero) is 2. The Morgan fingerprint density at radius 3 is 1.26 bits per heavy atom. The molecule has 129 heavy (non-hydrogen) atoms. The average Bonchev–Trinajstić information content (AvgIpc) is 1.52. The highest BCUT2D eigenvalue weighted by Crippen LogP contribution is 2.66. The van der Waals surface area contributed by atoms with Crippen molar-refractivity contribution >= 4 is 53.3 Å². The molecule has 7 unspecified atom stereocenters. The molecule has 8 saturated heterocycles. The summed E-state index contributed by atoms with van der Waals surface area (Å²) in [6.45, 7) is 20.0.